The van der Waals surface area contributed by atoms with Crippen LogP contribution in [0.3, 0.4) is 0 Å². The van der Waals surface area contributed by atoms with Crippen molar-refractivity contribution in [2.45, 2.75) is 44.6 Å². The van der Waals surface area contributed by atoms with Gasteiger partial charge >= 0.3 is 0 Å². The van der Waals surface area contributed by atoms with E-state index < -0.39 is 0 Å². The molecule has 26 heavy (non-hydrogen) atoms. The minimum atomic E-state index is -0.139. The lowest BCUT2D eigenvalue weighted by Crippen LogP contribution is -2.37. The minimum Gasteiger partial charge on any atom is -0.497 e. The molecular weight excluding hydrogens is 328 g/mol. The van der Waals surface area contributed by atoms with Crippen molar-refractivity contribution in [3.8, 4) is 11.4 Å². The van der Waals surface area contributed by atoms with Crippen LogP contribution in [0.1, 0.15) is 49.0 Å². The van der Waals surface area contributed by atoms with Crippen molar-refractivity contribution in [2.24, 2.45) is 0 Å². The van der Waals surface area contributed by atoms with E-state index in [0.29, 0.717) is 18.3 Å². The summed E-state index contributed by atoms with van der Waals surface area (Å²) in [6.07, 6.45) is 9.62. The number of carbonyl (C=O) groups is 1. The molecule has 0 unspecified atom stereocenters. The monoisotopic (exact) mass is 356 g/mol. The summed E-state index contributed by atoms with van der Waals surface area (Å²) >= 11 is 0. The summed E-state index contributed by atoms with van der Waals surface area (Å²) in [6, 6.07) is 9.89. The van der Waals surface area contributed by atoms with Crippen molar-refractivity contribution in [2.75, 3.05) is 20.2 Å². The van der Waals surface area contributed by atoms with E-state index in [0.717, 1.165) is 18.0 Å². The molecule has 0 atom stereocenters. The first kappa shape index (κ1) is 18.5. The zero-order valence-electron chi connectivity index (χ0n) is 15.4. The fraction of sp³-hybridized carbons (Fsp3) is 0.500. The molecule has 2 aromatic rings. The van der Waals surface area contributed by atoms with Gasteiger partial charge < -0.3 is 15.4 Å². The molecule has 0 aliphatic heterocycles. The van der Waals surface area contributed by atoms with Gasteiger partial charge in [0, 0.05) is 25.3 Å². The number of ether oxygens (including phenoxy) is 1. The van der Waals surface area contributed by atoms with Crippen LogP contribution in [0.2, 0.25) is 0 Å². The molecule has 1 aromatic heterocycles. The van der Waals surface area contributed by atoms with Gasteiger partial charge in [-0.15, -0.1) is 0 Å². The molecule has 6 heteroatoms. The number of benzene rings is 1. The lowest BCUT2D eigenvalue weighted by atomic mass is 10.1. The third-order valence-corrected chi connectivity index (χ3v) is 4.86. The molecule has 1 amide bonds. The largest absolute Gasteiger partial charge is 0.497 e. The quantitative estimate of drug-likeness (QED) is 0.591. The van der Waals surface area contributed by atoms with Gasteiger partial charge in [0.15, 0.2) is 5.69 Å². The predicted octanol–water partition coefficient (Wildman–Crippen LogP) is 2.92. The highest BCUT2D eigenvalue weighted by molar-refractivity contribution is 5.92. The fourth-order valence-electron chi connectivity index (χ4n) is 3.35. The molecule has 0 saturated heterocycles. The van der Waals surface area contributed by atoms with E-state index in [9.17, 15) is 4.79 Å². The summed E-state index contributed by atoms with van der Waals surface area (Å²) in [4.78, 5) is 12.3. The maximum absolute atomic E-state index is 12.3. The highest BCUT2D eigenvalue weighted by Gasteiger charge is 2.12. The summed E-state index contributed by atoms with van der Waals surface area (Å²) < 4.78 is 6.85. The number of carbonyl (C=O) groups excluding carboxylic acids is 1. The molecule has 1 saturated carbocycles. The van der Waals surface area contributed by atoms with Crippen LogP contribution in [-0.2, 0) is 0 Å². The molecule has 6 nitrogen and oxygen atoms in total. The number of hydrogen-bond donors (Lipinski definition) is 2. The second kappa shape index (κ2) is 9.38. The highest BCUT2D eigenvalue weighted by Crippen LogP contribution is 2.17. The van der Waals surface area contributed by atoms with Crippen LogP contribution in [0.15, 0.2) is 36.5 Å². The fourth-order valence-corrected chi connectivity index (χ4v) is 3.35. The SMILES string of the molecule is COc1ccc(-n2ccc(C(=O)NCCNC3CCCCCC3)n2)cc1. The van der Waals surface area contributed by atoms with Crippen LogP contribution in [-0.4, -0.2) is 41.9 Å². The lowest BCUT2D eigenvalue weighted by molar-refractivity contribution is 0.0948. The number of rotatable bonds is 7. The zero-order chi connectivity index (χ0) is 18.2. The molecule has 0 bridgehead atoms. The van der Waals surface area contributed by atoms with Gasteiger partial charge in [-0.3, -0.25) is 4.79 Å². The van der Waals surface area contributed by atoms with E-state index in [-0.39, 0.29) is 5.91 Å². The molecule has 3 rings (SSSR count). The molecule has 0 spiro atoms. The Morgan fingerprint density at radius 2 is 1.85 bits per heavy atom. The number of methoxy groups -OCH3 is 1. The molecule has 2 N–H and O–H groups in total. The first-order chi connectivity index (χ1) is 12.8. The van der Waals surface area contributed by atoms with E-state index in [1.807, 2.05) is 24.3 Å². The summed E-state index contributed by atoms with van der Waals surface area (Å²) in [5.74, 6) is 0.653. The van der Waals surface area contributed by atoms with Crippen LogP contribution in [0.4, 0.5) is 0 Å². The number of aromatic nitrogens is 2. The van der Waals surface area contributed by atoms with Gasteiger partial charge in [0.2, 0.25) is 0 Å². The van der Waals surface area contributed by atoms with Crippen LogP contribution >= 0.6 is 0 Å². The molecule has 1 aromatic carbocycles. The lowest BCUT2D eigenvalue weighted by Gasteiger charge is -2.16. The zero-order valence-corrected chi connectivity index (χ0v) is 15.4. The van der Waals surface area contributed by atoms with Crippen molar-refractivity contribution >= 4 is 5.91 Å². The second-order valence-corrected chi connectivity index (χ2v) is 6.74. The van der Waals surface area contributed by atoms with Crippen molar-refractivity contribution in [3.63, 3.8) is 0 Å². The van der Waals surface area contributed by atoms with Gasteiger partial charge in [-0.05, 0) is 43.2 Å². The Hall–Kier alpha value is -2.34. The maximum atomic E-state index is 12.3. The summed E-state index contributed by atoms with van der Waals surface area (Å²) in [5.41, 5.74) is 1.31. The molecule has 140 valence electrons. The smallest absolute Gasteiger partial charge is 0.271 e. The Morgan fingerprint density at radius 3 is 2.54 bits per heavy atom. The topological polar surface area (TPSA) is 68.2 Å². The Bertz CT molecular complexity index is 688. The molecule has 1 fully saturated rings. The van der Waals surface area contributed by atoms with Crippen molar-refractivity contribution in [1.82, 2.24) is 20.4 Å². The van der Waals surface area contributed by atoms with Gasteiger partial charge in [0.05, 0.1) is 12.8 Å². The Morgan fingerprint density at radius 1 is 1.12 bits per heavy atom. The van der Waals surface area contributed by atoms with Crippen LogP contribution in [0.25, 0.3) is 5.69 Å². The van der Waals surface area contributed by atoms with Gasteiger partial charge in [-0.1, -0.05) is 25.7 Å². The third-order valence-electron chi connectivity index (χ3n) is 4.86. The first-order valence-corrected chi connectivity index (χ1v) is 9.48. The average molecular weight is 356 g/mol. The van der Waals surface area contributed by atoms with Crippen LogP contribution < -0.4 is 15.4 Å². The number of hydrogen-bond acceptors (Lipinski definition) is 4. The summed E-state index contributed by atoms with van der Waals surface area (Å²) in [7, 11) is 1.63. The van der Waals surface area contributed by atoms with E-state index in [1.54, 1.807) is 24.1 Å². The highest BCUT2D eigenvalue weighted by atomic mass is 16.5. The molecule has 1 aliphatic carbocycles. The van der Waals surface area contributed by atoms with E-state index >= 15 is 0 Å². The Labute approximate surface area is 154 Å². The molecule has 1 heterocycles. The maximum Gasteiger partial charge on any atom is 0.271 e. The van der Waals surface area contributed by atoms with Crippen molar-refractivity contribution in [1.29, 1.82) is 0 Å². The van der Waals surface area contributed by atoms with Crippen molar-refractivity contribution < 1.29 is 9.53 Å². The van der Waals surface area contributed by atoms with Crippen LogP contribution in [0.5, 0.6) is 5.75 Å². The molecule has 1 aliphatic rings. The van der Waals surface area contributed by atoms with Gasteiger partial charge in [-0.25, -0.2) is 4.68 Å². The number of amides is 1. The normalized spacial score (nSPS) is 15.4. The van der Waals surface area contributed by atoms with Gasteiger partial charge in [0.25, 0.3) is 5.91 Å². The third kappa shape index (κ3) is 5.08. The average Bonchev–Trinajstić information content (AvgIpc) is 3.03. The second-order valence-electron chi connectivity index (χ2n) is 6.74. The number of nitrogens with one attached hydrogen (secondary N) is 2. The Kier molecular flexibility index (Phi) is 6.66. The van der Waals surface area contributed by atoms with Crippen molar-refractivity contribution in [3.05, 3.63) is 42.2 Å². The number of nitrogens with zero attached hydrogens (tertiary/aromatic N) is 2. The predicted molar refractivity (Wildman–Crippen MR) is 102 cm³/mol. The molecular formula is C20H28N4O2. The van der Waals surface area contributed by atoms with Gasteiger partial charge in [-0.2, -0.15) is 5.10 Å². The van der Waals surface area contributed by atoms with Gasteiger partial charge in [0.1, 0.15) is 5.75 Å². The standard InChI is InChI=1S/C20H28N4O2/c1-26-18-10-8-17(9-11-18)24-15-12-19(23-24)20(25)22-14-13-21-16-6-4-2-3-5-7-16/h8-12,15-16,21H,2-7,13-14H2,1H3,(H,22,25). The Balaban J connectivity index is 1.45. The molecule has 0 radical (unpaired) electrons. The summed E-state index contributed by atoms with van der Waals surface area (Å²) in [5, 5.41) is 10.9. The first-order valence-electron chi connectivity index (χ1n) is 9.48. The van der Waals surface area contributed by atoms with E-state index in [2.05, 4.69) is 15.7 Å². The van der Waals surface area contributed by atoms with E-state index in [1.165, 1.54) is 38.5 Å². The van der Waals surface area contributed by atoms with Crippen LogP contribution in [0, 0.1) is 0 Å². The minimum absolute atomic E-state index is 0.139. The van der Waals surface area contributed by atoms with E-state index in [4.69, 9.17) is 4.74 Å². The summed E-state index contributed by atoms with van der Waals surface area (Å²) in [6.45, 7) is 1.42.